The van der Waals surface area contributed by atoms with Gasteiger partial charge >= 0.3 is 5.97 Å². The summed E-state index contributed by atoms with van der Waals surface area (Å²) in [6, 6.07) is 16.4. The highest BCUT2D eigenvalue weighted by atomic mass is 16.5. The quantitative estimate of drug-likeness (QED) is 0.142. The molecule has 0 saturated heterocycles. The molecule has 196 valence electrons. The largest absolute Gasteiger partial charge is 0.481 e. The second-order valence-electron chi connectivity index (χ2n) is 9.03. The fourth-order valence-electron chi connectivity index (χ4n) is 3.62. The van der Waals surface area contributed by atoms with Crippen molar-refractivity contribution in [1.82, 2.24) is 15.0 Å². The number of methoxy groups -OCH3 is 1. The van der Waals surface area contributed by atoms with E-state index in [1.54, 1.807) is 31.4 Å². The number of hydrazone groups is 1. The SMILES string of the molecule is COCCNc1nc(C(C=NCc2cccc(C(C)(C)CC(=O)O)n2)=NN)cc(-c2cccc(C#N)c2)n1. The van der Waals surface area contributed by atoms with Crippen LogP contribution in [0, 0.1) is 11.3 Å². The maximum absolute atomic E-state index is 11.2. The van der Waals surface area contributed by atoms with Gasteiger partial charge < -0.3 is 21.0 Å². The summed E-state index contributed by atoms with van der Waals surface area (Å²) >= 11 is 0. The van der Waals surface area contributed by atoms with Crippen molar-refractivity contribution < 1.29 is 14.6 Å². The van der Waals surface area contributed by atoms with E-state index in [2.05, 4.69) is 36.4 Å². The number of pyridine rings is 1. The van der Waals surface area contributed by atoms with Gasteiger partial charge in [-0.25, -0.2) is 9.97 Å². The number of carbonyl (C=O) groups is 1. The first-order valence-corrected chi connectivity index (χ1v) is 11.8. The van der Waals surface area contributed by atoms with Crippen molar-refractivity contribution in [1.29, 1.82) is 5.26 Å². The Labute approximate surface area is 221 Å². The van der Waals surface area contributed by atoms with Crippen molar-refractivity contribution in [2.24, 2.45) is 15.9 Å². The summed E-state index contributed by atoms with van der Waals surface area (Å²) in [7, 11) is 1.60. The van der Waals surface area contributed by atoms with E-state index < -0.39 is 11.4 Å². The molecule has 0 amide bonds. The van der Waals surface area contributed by atoms with E-state index in [1.165, 1.54) is 6.21 Å². The molecule has 2 heterocycles. The number of carboxylic acid groups (broad SMARTS) is 1. The van der Waals surface area contributed by atoms with Crippen LogP contribution in [0.15, 0.2) is 58.6 Å². The minimum absolute atomic E-state index is 0.0369. The predicted molar refractivity (Wildman–Crippen MR) is 145 cm³/mol. The molecule has 0 spiro atoms. The average molecular weight is 515 g/mol. The molecule has 11 heteroatoms. The van der Waals surface area contributed by atoms with Crippen LogP contribution < -0.4 is 11.2 Å². The van der Waals surface area contributed by atoms with Crippen LogP contribution in [0.25, 0.3) is 11.3 Å². The van der Waals surface area contributed by atoms with Crippen LogP contribution in [-0.2, 0) is 21.5 Å². The van der Waals surface area contributed by atoms with Crippen molar-refractivity contribution in [2.75, 3.05) is 25.6 Å². The molecule has 0 aliphatic carbocycles. The van der Waals surface area contributed by atoms with Crippen molar-refractivity contribution in [3.05, 3.63) is 71.2 Å². The lowest BCUT2D eigenvalue weighted by atomic mass is 9.85. The number of rotatable bonds is 12. The highest BCUT2D eigenvalue weighted by Crippen LogP contribution is 2.25. The topological polar surface area (TPSA) is 172 Å². The van der Waals surface area contributed by atoms with Crippen molar-refractivity contribution >= 4 is 23.8 Å². The third-order valence-electron chi connectivity index (χ3n) is 5.56. The highest BCUT2D eigenvalue weighted by Gasteiger charge is 2.25. The molecular weight excluding hydrogens is 484 g/mol. The Bertz CT molecular complexity index is 1380. The summed E-state index contributed by atoms with van der Waals surface area (Å²) in [6.45, 7) is 4.86. The number of hydrogen-bond acceptors (Lipinski definition) is 10. The average Bonchev–Trinajstić information content (AvgIpc) is 2.90. The van der Waals surface area contributed by atoms with Gasteiger partial charge in [0.2, 0.25) is 5.95 Å². The van der Waals surface area contributed by atoms with Gasteiger partial charge in [0.1, 0.15) is 5.71 Å². The molecule has 0 aliphatic rings. The van der Waals surface area contributed by atoms with E-state index in [4.69, 9.17) is 10.6 Å². The highest BCUT2D eigenvalue weighted by molar-refractivity contribution is 6.37. The second-order valence-corrected chi connectivity index (χ2v) is 9.03. The van der Waals surface area contributed by atoms with Gasteiger partial charge in [0, 0.05) is 30.3 Å². The van der Waals surface area contributed by atoms with Crippen molar-refractivity contribution in [2.45, 2.75) is 32.2 Å². The second kappa shape index (κ2) is 13.0. The van der Waals surface area contributed by atoms with Crippen LogP contribution in [0.4, 0.5) is 5.95 Å². The first-order chi connectivity index (χ1) is 18.2. The van der Waals surface area contributed by atoms with Crippen LogP contribution in [0.3, 0.4) is 0 Å². The summed E-state index contributed by atoms with van der Waals surface area (Å²) in [5, 5.41) is 25.5. The molecule has 3 rings (SSSR count). The van der Waals surface area contributed by atoms with Crippen molar-refractivity contribution in [3.8, 4) is 17.3 Å². The van der Waals surface area contributed by atoms with E-state index in [0.717, 1.165) is 5.56 Å². The number of carboxylic acids is 1. The van der Waals surface area contributed by atoms with E-state index in [1.807, 2.05) is 38.1 Å². The van der Waals surface area contributed by atoms with Crippen molar-refractivity contribution in [3.63, 3.8) is 0 Å². The van der Waals surface area contributed by atoms with Crippen LogP contribution in [0.1, 0.15) is 42.9 Å². The Morgan fingerprint density at radius 1 is 1.21 bits per heavy atom. The fraction of sp³-hybridized carbons (Fsp3) is 0.296. The van der Waals surface area contributed by atoms with Crippen LogP contribution in [0.2, 0.25) is 0 Å². The zero-order valence-electron chi connectivity index (χ0n) is 21.5. The molecule has 38 heavy (non-hydrogen) atoms. The fourth-order valence-corrected chi connectivity index (χ4v) is 3.62. The molecule has 1 aromatic carbocycles. The maximum Gasteiger partial charge on any atom is 0.304 e. The number of hydrogen-bond donors (Lipinski definition) is 3. The molecule has 0 radical (unpaired) electrons. The van der Waals surface area contributed by atoms with E-state index in [0.29, 0.717) is 53.2 Å². The summed E-state index contributed by atoms with van der Waals surface area (Å²) in [5.74, 6) is 5.16. The van der Waals surface area contributed by atoms with Gasteiger partial charge in [0.25, 0.3) is 0 Å². The first-order valence-electron chi connectivity index (χ1n) is 11.8. The molecular formula is C27H30N8O3. The third-order valence-corrected chi connectivity index (χ3v) is 5.56. The molecule has 0 atom stereocenters. The molecule has 0 unspecified atom stereocenters. The number of anilines is 1. The Balaban J connectivity index is 1.87. The number of aliphatic carboxylic acids is 1. The van der Waals surface area contributed by atoms with Crippen LogP contribution in [-0.4, -0.2) is 58.2 Å². The molecule has 3 aromatic rings. The molecule has 2 aromatic heterocycles. The predicted octanol–water partition coefficient (Wildman–Crippen LogP) is 3.15. The molecule has 0 aliphatic heterocycles. The Morgan fingerprint density at radius 2 is 2.00 bits per heavy atom. The van der Waals surface area contributed by atoms with Gasteiger partial charge in [-0.05, 0) is 30.3 Å². The Morgan fingerprint density at radius 3 is 2.71 bits per heavy atom. The number of nitrogens with one attached hydrogen (secondary N) is 1. The van der Waals surface area contributed by atoms with E-state index in [9.17, 15) is 15.2 Å². The first kappa shape index (κ1) is 27.9. The Kier molecular flexibility index (Phi) is 9.56. The summed E-state index contributed by atoms with van der Waals surface area (Å²) in [6.07, 6.45) is 1.47. The zero-order valence-corrected chi connectivity index (χ0v) is 21.5. The van der Waals surface area contributed by atoms with E-state index in [-0.39, 0.29) is 13.0 Å². The minimum atomic E-state index is -0.885. The summed E-state index contributed by atoms with van der Waals surface area (Å²) < 4.78 is 5.10. The van der Waals surface area contributed by atoms with Gasteiger partial charge in [-0.15, -0.1) is 0 Å². The normalized spacial score (nSPS) is 11.9. The minimum Gasteiger partial charge on any atom is -0.481 e. The molecule has 11 nitrogen and oxygen atoms in total. The van der Waals surface area contributed by atoms with Crippen LogP contribution >= 0.6 is 0 Å². The van der Waals surface area contributed by atoms with Crippen LogP contribution in [0.5, 0.6) is 0 Å². The number of nitrogens with two attached hydrogens (primary N) is 1. The standard InChI is InChI=1S/C27H30N8O3/c1-27(2,14-25(36)37)24-9-5-8-20(32-24)16-30-17-23(35-29)22-13-21(19-7-4-6-18(12-19)15-28)33-26(34-22)31-10-11-38-3/h4-9,12-13,17H,10-11,14,16,29H2,1-3H3,(H,36,37)(H,31,33,34). The Hall–Kier alpha value is -4.69. The lowest BCUT2D eigenvalue weighted by Gasteiger charge is -2.22. The summed E-state index contributed by atoms with van der Waals surface area (Å²) in [4.78, 5) is 29.4. The third kappa shape index (κ3) is 7.65. The smallest absolute Gasteiger partial charge is 0.304 e. The molecule has 0 fully saturated rings. The summed E-state index contributed by atoms with van der Waals surface area (Å²) in [5.41, 5.74) is 3.31. The maximum atomic E-state index is 11.2. The molecule has 0 saturated carbocycles. The monoisotopic (exact) mass is 514 g/mol. The molecule has 0 bridgehead atoms. The lowest BCUT2D eigenvalue weighted by molar-refractivity contribution is -0.138. The number of ether oxygens (including phenoxy) is 1. The van der Waals surface area contributed by atoms with Gasteiger partial charge in [0.05, 0.1) is 54.5 Å². The van der Waals surface area contributed by atoms with Gasteiger partial charge in [-0.3, -0.25) is 14.8 Å². The number of aromatic nitrogens is 3. The number of aliphatic imine (C=N–C) groups is 1. The number of nitriles is 1. The van der Waals surface area contributed by atoms with Gasteiger partial charge in [-0.2, -0.15) is 10.4 Å². The van der Waals surface area contributed by atoms with Gasteiger partial charge in [-0.1, -0.05) is 32.0 Å². The van der Waals surface area contributed by atoms with Gasteiger partial charge in [0.15, 0.2) is 0 Å². The molecule has 4 N–H and O–H groups in total. The number of nitrogens with zero attached hydrogens (tertiary/aromatic N) is 6. The zero-order chi connectivity index (χ0) is 27.5. The van der Waals surface area contributed by atoms with E-state index >= 15 is 0 Å². The number of benzene rings is 1. The lowest BCUT2D eigenvalue weighted by Crippen LogP contribution is -2.23.